The molecule has 0 bridgehead atoms. The van der Waals surface area contributed by atoms with Crippen molar-refractivity contribution < 1.29 is 0 Å². The molecule has 2 rings (SSSR count). The lowest BCUT2D eigenvalue weighted by molar-refractivity contribution is 0.113. The number of nitrogens with one attached hydrogen (secondary N) is 1. The zero-order valence-electron chi connectivity index (χ0n) is 12.1. The molecule has 106 valence electrons. The second-order valence-corrected chi connectivity index (χ2v) is 5.26. The Bertz CT molecular complexity index is 399. The molecule has 1 saturated heterocycles. The first-order valence-electron chi connectivity index (χ1n) is 6.84. The van der Waals surface area contributed by atoms with Crippen LogP contribution >= 0.6 is 0 Å². The fourth-order valence-corrected chi connectivity index (χ4v) is 2.43. The van der Waals surface area contributed by atoms with Crippen molar-refractivity contribution in [1.29, 1.82) is 0 Å². The number of likely N-dealkylation sites (N-methyl/N-ethyl adjacent to an activating group) is 2. The Balaban J connectivity index is 2.13. The van der Waals surface area contributed by atoms with E-state index in [1.54, 1.807) is 0 Å². The summed E-state index contributed by atoms with van der Waals surface area (Å²) in [6, 6.07) is 2.37. The molecule has 1 atom stereocenters. The Morgan fingerprint density at radius 3 is 2.84 bits per heavy atom. The van der Waals surface area contributed by atoms with Crippen LogP contribution in [-0.2, 0) is 12.8 Å². The van der Waals surface area contributed by atoms with Crippen LogP contribution < -0.4 is 11.3 Å². The van der Waals surface area contributed by atoms with Crippen LogP contribution in [0.15, 0.2) is 6.07 Å². The highest BCUT2D eigenvalue weighted by molar-refractivity contribution is 5.34. The highest BCUT2D eigenvalue weighted by Gasteiger charge is 2.23. The van der Waals surface area contributed by atoms with E-state index in [1.807, 2.05) is 6.07 Å². The van der Waals surface area contributed by atoms with E-state index in [0.29, 0.717) is 11.9 Å². The molecule has 19 heavy (non-hydrogen) atoms. The molecule has 6 nitrogen and oxygen atoms in total. The number of nitrogen functional groups attached to an aromatic ring is 1. The molecule has 0 aliphatic carbocycles. The maximum absolute atomic E-state index is 5.47. The van der Waals surface area contributed by atoms with Crippen molar-refractivity contribution >= 4 is 5.82 Å². The highest BCUT2D eigenvalue weighted by atomic mass is 15.3. The molecule has 1 aliphatic heterocycles. The van der Waals surface area contributed by atoms with Crippen molar-refractivity contribution in [2.45, 2.75) is 25.8 Å². The number of anilines is 1. The van der Waals surface area contributed by atoms with Crippen molar-refractivity contribution in [3.63, 3.8) is 0 Å². The number of piperazine rings is 1. The molecule has 1 aliphatic rings. The predicted octanol–water partition coefficient (Wildman–Crippen LogP) is 0.113. The molecule has 2 heterocycles. The zero-order chi connectivity index (χ0) is 13.8. The van der Waals surface area contributed by atoms with Gasteiger partial charge in [0.05, 0.1) is 0 Å². The van der Waals surface area contributed by atoms with Crippen LogP contribution in [0.4, 0.5) is 5.82 Å². The van der Waals surface area contributed by atoms with Gasteiger partial charge in [-0.25, -0.2) is 15.8 Å². The Kier molecular flexibility index (Phi) is 4.68. The summed E-state index contributed by atoms with van der Waals surface area (Å²) in [6.45, 7) is 5.36. The average molecular weight is 264 g/mol. The quantitative estimate of drug-likeness (QED) is 0.594. The minimum absolute atomic E-state index is 0.469. The van der Waals surface area contributed by atoms with Gasteiger partial charge in [-0.1, -0.05) is 6.92 Å². The van der Waals surface area contributed by atoms with E-state index in [1.165, 1.54) is 0 Å². The van der Waals surface area contributed by atoms with Crippen molar-refractivity contribution in [3.8, 4) is 0 Å². The first kappa shape index (κ1) is 14.2. The topological polar surface area (TPSA) is 70.3 Å². The van der Waals surface area contributed by atoms with Crippen LogP contribution in [0, 0.1) is 0 Å². The third-order valence-electron chi connectivity index (χ3n) is 3.73. The van der Waals surface area contributed by atoms with Gasteiger partial charge in [-0.15, -0.1) is 0 Å². The normalized spacial score (nSPS) is 21.6. The van der Waals surface area contributed by atoms with Crippen LogP contribution in [0.1, 0.15) is 18.4 Å². The number of aromatic nitrogens is 2. The first-order chi connectivity index (χ1) is 9.12. The Labute approximate surface area is 115 Å². The van der Waals surface area contributed by atoms with E-state index in [4.69, 9.17) is 5.84 Å². The lowest BCUT2D eigenvalue weighted by Gasteiger charge is -2.37. The summed E-state index contributed by atoms with van der Waals surface area (Å²) in [5, 5.41) is 0. The summed E-state index contributed by atoms with van der Waals surface area (Å²) in [7, 11) is 4.33. The predicted molar refractivity (Wildman–Crippen MR) is 76.8 cm³/mol. The first-order valence-corrected chi connectivity index (χ1v) is 6.84. The summed E-state index contributed by atoms with van der Waals surface area (Å²) < 4.78 is 0. The van der Waals surface area contributed by atoms with E-state index >= 15 is 0 Å². The summed E-state index contributed by atoms with van der Waals surface area (Å²) in [5.74, 6) is 7.04. The standard InChI is InChI=1S/C13H24N6/c1-4-10-7-13(17-14)16-12(15-10)8-11-9-18(2)5-6-19(11)3/h7,11H,4-6,8-9,14H2,1-3H3,(H,15,16,17). The van der Waals surface area contributed by atoms with Crippen molar-refractivity contribution in [2.75, 3.05) is 39.2 Å². The molecule has 0 saturated carbocycles. The molecule has 0 radical (unpaired) electrons. The number of hydrogen-bond acceptors (Lipinski definition) is 6. The van der Waals surface area contributed by atoms with Gasteiger partial charge in [0.25, 0.3) is 0 Å². The molecule has 0 amide bonds. The van der Waals surface area contributed by atoms with Crippen LogP contribution in [0.2, 0.25) is 0 Å². The Morgan fingerprint density at radius 2 is 2.16 bits per heavy atom. The van der Waals surface area contributed by atoms with Crippen LogP contribution in [0.5, 0.6) is 0 Å². The number of hydrogen-bond donors (Lipinski definition) is 2. The zero-order valence-corrected chi connectivity index (χ0v) is 12.1. The Morgan fingerprint density at radius 1 is 1.37 bits per heavy atom. The minimum Gasteiger partial charge on any atom is -0.308 e. The van der Waals surface area contributed by atoms with Gasteiger partial charge in [0.1, 0.15) is 11.6 Å². The van der Waals surface area contributed by atoms with E-state index in [0.717, 1.165) is 44.0 Å². The lowest BCUT2D eigenvalue weighted by atomic mass is 10.1. The smallest absolute Gasteiger partial charge is 0.143 e. The summed E-state index contributed by atoms with van der Waals surface area (Å²) in [5.41, 5.74) is 3.66. The van der Waals surface area contributed by atoms with Gasteiger partial charge in [-0.2, -0.15) is 0 Å². The van der Waals surface area contributed by atoms with Gasteiger partial charge >= 0.3 is 0 Å². The monoisotopic (exact) mass is 264 g/mol. The Hall–Kier alpha value is -1.24. The second kappa shape index (κ2) is 6.27. The van der Waals surface area contributed by atoms with Gasteiger partial charge in [0.2, 0.25) is 0 Å². The van der Waals surface area contributed by atoms with Crippen LogP contribution in [0.25, 0.3) is 0 Å². The molecule has 0 aromatic carbocycles. The minimum atomic E-state index is 0.469. The number of nitrogens with zero attached hydrogens (tertiary/aromatic N) is 4. The molecule has 3 N–H and O–H groups in total. The second-order valence-electron chi connectivity index (χ2n) is 5.26. The van der Waals surface area contributed by atoms with Gasteiger partial charge in [0.15, 0.2) is 0 Å². The number of aryl methyl sites for hydroxylation is 1. The molecule has 6 heteroatoms. The van der Waals surface area contributed by atoms with Gasteiger partial charge < -0.3 is 15.2 Å². The largest absolute Gasteiger partial charge is 0.308 e. The third-order valence-corrected chi connectivity index (χ3v) is 3.73. The summed E-state index contributed by atoms with van der Waals surface area (Å²) in [4.78, 5) is 13.8. The number of rotatable bonds is 4. The lowest BCUT2D eigenvalue weighted by Crippen LogP contribution is -2.51. The number of nitrogens with two attached hydrogens (primary N) is 1. The third kappa shape index (κ3) is 3.62. The van der Waals surface area contributed by atoms with E-state index in [-0.39, 0.29) is 0 Å². The molecule has 1 unspecified atom stereocenters. The maximum atomic E-state index is 5.47. The average Bonchev–Trinajstić information content (AvgIpc) is 2.42. The summed E-state index contributed by atoms with van der Waals surface area (Å²) in [6.07, 6.45) is 1.76. The van der Waals surface area contributed by atoms with Crippen LogP contribution in [-0.4, -0.2) is 59.5 Å². The van der Waals surface area contributed by atoms with Gasteiger partial charge in [0, 0.05) is 43.9 Å². The maximum Gasteiger partial charge on any atom is 0.143 e. The molecule has 0 spiro atoms. The molecular weight excluding hydrogens is 240 g/mol. The summed E-state index contributed by atoms with van der Waals surface area (Å²) >= 11 is 0. The fraction of sp³-hybridized carbons (Fsp3) is 0.692. The van der Waals surface area contributed by atoms with Crippen molar-refractivity contribution in [2.24, 2.45) is 5.84 Å². The van der Waals surface area contributed by atoms with Gasteiger partial charge in [-0.05, 0) is 20.5 Å². The molecule has 1 aromatic heterocycles. The van der Waals surface area contributed by atoms with Crippen LogP contribution in [0.3, 0.4) is 0 Å². The van der Waals surface area contributed by atoms with E-state index in [2.05, 4.69) is 46.2 Å². The SMILES string of the molecule is CCc1cc(NN)nc(CC2CN(C)CCN2C)n1. The van der Waals surface area contributed by atoms with E-state index in [9.17, 15) is 0 Å². The van der Waals surface area contributed by atoms with Crippen molar-refractivity contribution in [3.05, 3.63) is 17.6 Å². The van der Waals surface area contributed by atoms with Crippen molar-refractivity contribution in [1.82, 2.24) is 19.8 Å². The van der Waals surface area contributed by atoms with E-state index < -0.39 is 0 Å². The fourth-order valence-electron chi connectivity index (χ4n) is 2.43. The number of hydrazine groups is 1. The van der Waals surface area contributed by atoms with Gasteiger partial charge in [-0.3, -0.25) is 0 Å². The highest BCUT2D eigenvalue weighted by Crippen LogP contribution is 2.13. The molecule has 1 aromatic rings. The molecular formula is C13H24N6. The molecule has 1 fully saturated rings.